The van der Waals surface area contributed by atoms with Gasteiger partial charge >= 0.3 is 0 Å². The van der Waals surface area contributed by atoms with Crippen LogP contribution in [0.15, 0.2) is 30.6 Å². The fraction of sp³-hybridized carbons (Fsp3) is 0.353. The van der Waals surface area contributed by atoms with Gasteiger partial charge in [0.2, 0.25) is 0 Å². The molecular formula is C17H21N5O2. The number of hydrogen-bond acceptors (Lipinski definition) is 5. The smallest absolute Gasteiger partial charge is 0.182 e. The van der Waals surface area contributed by atoms with Crippen LogP contribution >= 0.6 is 0 Å². The number of aromatic nitrogens is 5. The minimum Gasteiger partial charge on any atom is -0.497 e. The standard InChI is InChI=1S/C17H21N5O2/c1-5-22-15(8-12(2)20-22)17-19-18-11-21(17)10-13-6-7-14(23-3)9-16(13)24-4/h6-9,11H,5,10H2,1-4H3. The zero-order valence-electron chi connectivity index (χ0n) is 14.4. The Bertz CT molecular complexity index is 837. The highest BCUT2D eigenvalue weighted by molar-refractivity contribution is 5.51. The molecule has 0 spiro atoms. The van der Waals surface area contributed by atoms with Crippen molar-refractivity contribution in [2.24, 2.45) is 0 Å². The van der Waals surface area contributed by atoms with E-state index in [1.807, 2.05) is 40.4 Å². The van der Waals surface area contributed by atoms with E-state index in [9.17, 15) is 0 Å². The van der Waals surface area contributed by atoms with Crippen LogP contribution in [0.5, 0.6) is 11.5 Å². The number of benzene rings is 1. The van der Waals surface area contributed by atoms with Gasteiger partial charge in [-0.25, -0.2) is 0 Å². The van der Waals surface area contributed by atoms with E-state index in [-0.39, 0.29) is 0 Å². The summed E-state index contributed by atoms with van der Waals surface area (Å²) in [5.74, 6) is 2.32. The Kier molecular flexibility index (Phi) is 4.50. The van der Waals surface area contributed by atoms with Crippen LogP contribution in [-0.4, -0.2) is 38.8 Å². The first-order chi connectivity index (χ1) is 11.7. The van der Waals surface area contributed by atoms with Crippen LogP contribution in [0.25, 0.3) is 11.5 Å². The quantitative estimate of drug-likeness (QED) is 0.696. The highest BCUT2D eigenvalue weighted by Crippen LogP contribution is 2.27. The van der Waals surface area contributed by atoms with Gasteiger partial charge in [0, 0.05) is 18.2 Å². The maximum absolute atomic E-state index is 5.48. The van der Waals surface area contributed by atoms with E-state index in [0.717, 1.165) is 40.8 Å². The molecule has 0 bridgehead atoms. The predicted octanol–water partition coefficient (Wildman–Crippen LogP) is 2.54. The van der Waals surface area contributed by atoms with E-state index in [4.69, 9.17) is 9.47 Å². The minimum atomic E-state index is 0.601. The molecule has 0 aliphatic heterocycles. The lowest BCUT2D eigenvalue weighted by atomic mass is 10.2. The fourth-order valence-corrected chi connectivity index (χ4v) is 2.70. The molecule has 7 nitrogen and oxygen atoms in total. The molecule has 2 aromatic heterocycles. The van der Waals surface area contributed by atoms with Gasteiger partial charge in [0.25, 0.3) is 0 Å². The second-order valence-electron chi connectivity index (χ2n) is 5.45. The molecule has 0 unspecified atom stereocenters. The summed E-state index contributed by atoms with van der Waals surface area (Å²) in [4.78, 5) is 0. The summed E-state index contributed by atoms with van der Waals surface area (Å²) < 4.78 is 14.7. The first-order valence-electron chi connectivity index (χ1n) is 7.79. The molecule has 0 N–H and O–H groups in total. The number of methoxy groups -OCH3 is 2. The molecule has 2 heterocycles. The highest BCUT2D eigenvalue weighted by atomic mass is 16.5. The first kappa shape index (κ1) is 16.0. The lowest BCUT2D eigenvalue weighted by Crippen LogP contribution is -2.07. The van der Waals surface area contributed by atoms with Crippen molar-refractivity contribution in [3.05, 3.63) is 41.9 Å². The van der Waals surface area contributed by atoms with Crippen molar-refractivity contribution in [2.75, 3.05) is 14.2 Å². The van der Waals surface area contributed by atoms with Crippen LogP contribution in [-0.2, 0) is 13.1 Å². The van der Waals surface area contributed by atoms with Gasteiger partial charge < -0.3 is 14.0 Å². The molecule has 3 rings (SSSR count). The average molecular weight is 327 g/mol. The van der Waals surface area contributed by atoms with Gasteiger partial charge in [0.15, 0.2) is 5.82 Å². The SMILES string of the molecule is CCn1nc(C)cc1-c1nncn1Cc1ccc(OC)cc1OC. The van der Waals surface area contributed by atoms with E-state index >= 15 is 0 Å². The Balaban J connectivity index is 1.97. The van der Waals surface area contributed by atoms with Crippen LogP contribution in [0.4, 0.5) is 0 Å². The lowest BCUT2D eigenvalue weighted by Gasteiger charge is -2.12. The molecule has 0 aliphatic carbocycles. The lowest BCUT2D eigenvalue weighted by molar-refractivity contribution is 0.390. The monoisotopic (exact) mass is 327 g/mol. The third-order valence-electron chi connectivity index (χ3n) is 3.88. The zero-order valence-corrected chi connectivity index (χ0v) is 14.4. The highest BCUT2D eigenvalue weighted by Gasteiger charge is 2.15. The van der Waals surface area contributed by atoms with Crippen LogP contribution in [0, 0.1) is 6.92 Å². The molecule has 0 radical (unpaired) electrons. The molecule has 0 fully saturated rings. The Morgan fingerprint density at radius 2 is 1.96 bits per heavy atom. The van der Waals surface area contributed by atoms with E-state index in [1.165, 1.54) is 0 Å². The number of hydrogen-bond donors (Lipinski definition) is 0. The van der Waals surface area contributed by atoms with Crippen LogP contribution < -0.4 is 9.47 Å². The molecule has 1 aromatic carbocycles. The van der Waals surface area contributed by atoms with Gasteiger partial charge in [-0.05, 0) is 32.0 Å². The van der Waals surface area contributed by atoms with Crippen molar-refractivity contribution in [3.63, 3.8) is 0 Å². The maximum atomic E-state index is 5.48. The van der Waals surface area contributed by atoms with Crippen molar-refractivity contribution >= 4 is 0 Å². The van der Waals surface area contributed by atoms with E-state index < -0.39 is 0 Å². The van der Waals surface area contributed by atoms with E-state index in [1.54, 1.807) is 20.5 Å². The summed E-state index contributed by atoms with van der Waals surface area (Å²) in [6.07, 6.45) is 1.72. The molecule has 0 atom stereocenters. The van der Waals surface area contributed by atoms with Crippen molar-refractivity contribution in [1.29, 1.82) is 0 Å². The van der Waals surface area contributed by atoms with E-state index in [2.05, 4.69) is 22.2 Å². The molecule has 24 heavy (non-hydrogen) atoms. The number of rotatable bonds is 6. The van der Waals surface area contributed by atoms with Crippen LogP contribution in [0.3, 0.4) is 0 Å². The summed E-state index contributed by atoms with van der Waals surface area (Å²) in [6.45, 7) is 5.41. The summed E-state index contributed by atoms with van der Waals surface area (Å²) in [5, 5.41) is 12.8. The summed E-state index contributed by atoms with van der Waals surface area (Å²) in [6, 6.07) is 7.81. The largest absolute Gasteiger partial charge is 0.497 e. The van der Waals surface area contributed by atoms with Crippen molar-refractivity contribution in [1.82, 2.24) is 24.5 Å². The second kappa shape index (κ2) is 6.74. The van der Waals surface area contributed by atoms with Crippen molar-refractivity contribution < 1.29 is 9.47 Å². The number of aryl methyl sites for hydroxylation is 2. The third kappa shape index (κ3) is 2.97. The van der Waals surface area contributed by atoms with Crippen molar-refractivity contribution in [3.8, 4) is 23.0 Å². The Morgan fingerprint density at radius 3 is 2.67 bits per heavy atom. The predicted molar refractivity (Wildman–Crippen MR) is 90.3 cm³/mol. The summed E-state index contributed by atoms with van der Waals surface area (Å²) >= 11 is 0. The summed E-state index contributed by atoms with van der Waals surface area (Å²) in [5.41, 5.74) is 2.95. The molecule has 7 heteroatoms. The Morgan fingerprint density at radius 1 is 1.12 bits per heavy atom. The van der Waals surface area contributed by atoms with Gasteiger partial charge in [-0.2, -0.15) is 5.10 Å². The van der Waals surface area contributed by atoms with E-state index in [0.29, 0.717) is 6.54 Å². The molecule has 126 valence electrons. The topological polar surface area (TPSA) is 67.0 Å². The molecule has 0 amide bonds. The number of ether oxygens (including phenoxy) is 2. The van der Waals surface area contributed by atoms with Crippen molar-refractivity contribution in [2.45, 2.75) is 26.9 Å². The molecule has 0 aliphatic rings. The van der Waals surface area contributed by atoms with Crippen LogP contribution in [0.2, 0.25) is 0 Å². The van der Waals surface area contributed by atoms with Gasteiger partial charge in [-0.3, -0.25) is 4.68 Å². The molecule has 0 saturated heterocycles. The third-order valence-corrected chi connectivity index (χ3v) is 3.88. The normalized spacial score (nSPS) is 10.8. The van der Waals surface area contributed by atoms with Gasteiger partial charge in [0.05, 0.1) is 26.5 Å². The Hall–Kier alpha value is -2.83. The van der Waals surface area contributed by atoms with Gasteiger partial charge in [0.1, 0.15) is 23.5 Å². The summed E-state index contributed by atoms with van der Waals surface area (Å²) in [7, 11) is 3.29. The fourth-order valence-electron chi connectivity index (χ4n) is 2.70. The molecule has 0 saturated carbocycles. The molecule has 3 aromatic rings. The average Bonchev–Trinajstić information content (AvgIpc) is 3.20. The van der Waals surface area contributed by atoms with Gasteiger partial charge in [-0.15, -0.1) is 10.2 Å². The number of nitrogens with zero attached hydrogens (tertiary/aromatic N) is 5. The Labute approximate surface area is 140 Å². The van der Waals surface area contributed by atoms with Crippen LogP contribution in [0.1, 0.15) is 18.2 Å². The first-order valence-corrected chi connectivity index (χ1v) is 7.79. The second-order valence-corrected chi connectivity index (χ2v) is 5.45. The minimum absolute atomic E-state index is 0.601. The van der Waals surface area contributed by atoms with Gasteiger partial charge in [-0.1, -0.05) is 0 Å². The maximum Gasteiger partial charge on any atom is 0.182 e. The molecular weight excluding hydrogens is 306 g/mol. The zero-order chi connectivity index (χ0) is 17.1.